The molecule has 16 heavy (non-hydrogen) atoms. The molecule has 2 rings (SSSR count). The Morgan fingerprint density at radius 2 is 2.06 bits per heavy atom. The summed E-state index contributed by atoms with van der Waals surface area (Å²) in [6.45, 7) is 0.781. The van der Waals surface area contributed by atoms with Crippen molar-refractivity contribution in [1.29, 1.82) is 0 Å². The van der Waals surface area contributed by atoms with E-state index in [0.717, 1.165) is 0 Å². The number of carbonyl (C=O) groups is 1. The number of rotatable bonds is 3. The van der Waals surface area contributed by atoms with E-state index in [9.17, 15) is 13.6 Å². The average molecular weight is 254 g/mol. The van der Waals surface area contributed by atoms with E-state index < -0.39 is 23.2 Å². The molecule has 1 aliphatic carbocycles. The van der Waals surface area contributed by atoms with Gasteiger partial charge in [0, 0.05) is 25.2 Å². The van der Waals surface area contributed by atoms with Gasteiger partial charge in [-0.1, -0.05) is 0 Å². The minimum Gasteiger partial charge on any atom is -0.381 e. The maximum absolute atomic E-state index is 13.7. The topological polar surface area (TPSA) is 38.3 Å². The fraction of sp³-hybridized carbons (Fsp3) is 0.900. The molecular formula is C10H14ClF2NO2. The Kier molecular flexibility index (Phi) is 3.09. The second-order valence-corrected chi connectivity index (χ2v) is 4.65. The van der Waals surface area contributed by atoms with E-state index in [-0.39, 0.29) is 12.4 Å². The van der Waals surface area contributed by atoms with Crippen LogP contribution in [0.15, 0.2) is 0 Å². The molecule has 3 nitrogen and oxygen atoms in total. The zero-order valence-electron chi connectivity index (χ0n) is 8.77. The van der Waals surface area contributed by atoms with E-state index in [1.807, 2.05) is 0 Å². The Hall–Kier alpha value is -0.420. The first-order valence-electron chi connectivity index (χ1n) is 5.33. The molecule has 0 bridgehead atoms. The standard InChI is InChI=1S/C10H14ClF2NO2/c11-5-8(15)14-6-7-9(10(7,12)13)1-3-16-4-2-9/h7H,1-6H2,(H,14,15). The molecule has 92 valence electrons. The van der Waals surface area contributed by atoms with Crippen molar-refractivity contribution in [3.8, 4) is 0 Å². The van der Waals surface area contributed by atoms with E-state index >= 15 is 0 Å². The minimum atomic E-state index is -2.67. The van der Waals surface area contributed by atoms with Gasteiger partial charge in [0.15, 0.2) is 0 Å². The Bertz CT molecular complexity index is 293. The van der Waals surface area contributed by atoms with Crippen LogP contribution in [0.1, 0.15) is 12.8 Å². The van der Waals surface area contributed by atoms with Gasteiger partial charge < -0.3 is 10.1 Å². The summed E-state index contributed by atoms with van der Waals surface area (Å²) in [7, 11) is 0. The van der Waals surface area contributed by atoms with Crippen LogP contribution in [-0.4, -0.2) is 37.5 Å². The van der Waals surface area contributed by atoms with Gasteiger partial charge in [0.05, 0.1) is 5.92 Å². The monoisotopic (exact) mass is 253 g/mol. The first kappa shape index (κ1) is 12.0. The normalized spacial score (nSPS) is 30.1. The fourth-order valence-electron chi connectivity index (χ4n) is 2.60. The molecule has 1 N–H and O–H groups in total. The van der Waals surface area contributed by atoms with Crippen LogP contribution in [0, 0.1) is 11.3 Å². The van der Waals surface area contributed by atoms with Crippen molar-refractivity contribution in [3.05, 3.63) is 0 Å². The number of hydrogen-bond donors (Lipinski definition) is 1. The summed E-state index contributed by atoms with van der Waals surface area (Å²) in [6, 6.07) is 0. The van der Waals surface area contributed by atoms with Gasteiger partial charge in [-0.05, 0) is 12.8 Å². The molecule has 0 aromatic rings. The number of amides is 1. The van der Waals surface area contributed by atoms with E-state index in [4.69, 9.17) is 16.3 Å². The van der Waals surface area contributed by atoms with Gasteiger partial charge >= 0.3 is 0 Å². The highest BCUT2D eigenvalue weighted by molar-refractivity contribution is 6.27. The Morgan fingerprint density at radius 3 is 2.62 bits per heavy atom. The van der Waals surface area contributed by atoms with Crippen molar-refractivity contribution in [2.45, 2.75) is 18.8 Å². The number of alkyl halides is 3. The van der Waals surface area contributed by atoms with Crippen LogP contribution in [0.3, 0.4) is 0 Å². The zero-order valence-corrected chi connectivity index (χ0v) is 9.53. The van der Waals surface area contributed by atoms with Crippen LogP contribution < -0.4 is 5.32 Å². The summed E-state index contributed by atoms with van der Waals surface area (Å²) >= 11 is 5.28. The molecule has 0 aromatic heterocycles. The number of nitrogens with one attached hydrogen (secondary N) is 1. The van der Waals surface area contributed by atoms with Crippen molar-refractivity contribution >= 4 is 17.5 Å². The lowest BCUT2D eigenvalue weighted by molar-refractivity contribution is -0.118. The highest BCUT2D eigenvalue weighted by Gasteiger charge is 2.79. The molecule has 1 aliphatic heterocycles. The lowest BCUT2D eigenvalue weighted by Crippen LogP contribution is -2.29. The van der Waals surface area contributed by atoms with E-state index in [2.05, 4.69) is 5.32 Å². The van der Waals surface area contributed by atoms with Crippen LogP contribution >= 0.6 is 11.6 Å². The molecule has 0 aromatic carbocycles. The van der Waals surface area contributed by atoms with Crippen LogP contribution in [0.25, 0.3) is 0 Å². The van der Waals surface area contributed by atoms with Gasteiger partial charge in [0.2, 0.25) is 5.91 Å². The van der Waals surface area contributed by atoms with Crippen LogP contribution in [0.5, 0.6) is 0 Å². The third kappa shape index (κ3) is 1.70. The van der Waals surface area contributed by atoms with Gasteiger partial charge in [-0.2, -0.15) is 0 Å². The van der Waals surface area contributed by atoms with Crippen LogP contribution in [0.2, 0.25) is 0 Å². The molecule has 0 radical (unpaired) electrons. The van der Waals surface area contributed by atoms with Crippen molar-refractivity contribution in [1.82, 2.24) is 5.32 Å². The predicted octanol–water partition coefficient (Wildman–Crippen LogP) is 1.40. The number of carbonyl (C=O) groups excluding carboxylic acids is 1. The van der Waals surface area contributed by atoms with Crippen LogP contribution in [-0.2, 0) is 9.53 Å². The molecule has 2 aliphatic rings. The Morgan fingerprint density at radius 1 is 1.44 bits per heavy atom. The molecule has 1 unspecified atom stereocenters. The van der Waals surface area contributed by atoms with Crippen molar-refractivity contribution < 1.29 is 18.3 Å². The van der Waals surface area contributed by atoms with Gasteiger partial charge in [-0.3, -0.25) is 4.79 Å². The molecule has 2 fully saturated rings. The molecule has 1 amide bonds. The molecule has 6 heteroatoms. The first-order chi connectivity index (χ1) is 7.54. The average Bonchev–Trinajstić information content (AvgIpc) is 2.72. The molecule has 1 atom stereocenters. The summed E-state index contributed by atoms with van der Waals surface area (Å²) in [5.74, 6) is -4.01. The number of hydrogen-bond acceptors (Lipinski definition) is 2. The summed E-state index contributed by atoms with van der Waals surface area (Å²) in [6.07, 6.45) is 0.753. The third-order valence-electron chi connectivity index (χ3n) is 3.69. The summed E-state index contributed by atoms with van der Waals surface area (Å²) in [4.78, 5) is 10.9. The summed E-state index contributed by atoms with van der Waals surface area (Å²) < 4.78 is 32.4. The quantitative estimate of drug-likeness (QED) is 0.773. The molecule has 1 saturated heterocycles. The second kappa shape index (κ2) is 4.11. The lowest BCUT2D eigenvalue weighted by atomic mass is 9.93. The van der Waals surface area contributed by atoms with Gasteiger partial charge in [-0.15, -0.1) is 11.6 Å². The molecule has 1 heterocycles. The van der Waals surface area contributed by atoms with E-state index in [1.54, 1.807) is 0 Å². The van der Waals surface area contributed by atoms with Gasteiger partial charge in [0.1, 0.15) is 5.88 Å². The third-order valence-corrected chi connectivity index (χ3v) is 3.94. The highest BCUT2D eigenvalue weighted by atomic mass is 35.5. The number of ether oxygens (including phenoxy) is 1. The van der Waals surface area contributed by atoms with E-state index in [0.29, 0.717) is 26.1 Å². The maximum atomic E-state index is 13.7. The lowest BCUT2D eigenvalue weighted by Gasteiger charge is -2.22. The zero-order chi connectivity index (χ0) is 11.8. The van der Waals surface area contributed by atoms with Crippen molar-refractivity contribution in [2.24, 2.45) is 11.3 Å². The fourth-order valence-corrected chi connectivity index (χ4v) is 2.69. The van der Waals surface area contributed by atoms with Crippen molar-refractivity contribution in [2.75, 3.05) is 25.6 Å². The van der Waals surface area contributed by atoms with Crippen LogP contribution in [0.4, 0.5) is 8.78 Å². The molecule has 1 spiro atoms. The van der Waals surface area contributed by atoms with Gasteiger partial charge in [0.25, 0.3) is 5.92 Å². The highest BCUT2D eigenvalue weighted by Crippen LogP contribution is 2.70. The van der Waals surface area contributed by atoms with Crippen molar-refractivity contribution in [3.63, 3.8) is 0 Å². The maximum Gasteiger partial charge on any atom is 0.259 e. The molecular weight excluding hydrogens is 240 g/mol. The largest absolute Gasteiger partial charge is 0.381 e. The number of halogens is 3. The van der Waals surface area contributed by atoms with E-state index in [1.165, 1.54) is 0 Å². The summed E-state index contributed by atoms with van der Waals surface area (Å²) in [5.41, 5.74) is -0.940. The predicted molar refractivity (Wildman–Crippen MR) is 54.7 cm³/mol. The SMILES string of the molecule is O=C(CCl)NCC1C(F)(F)C12CCOCC2. The smallest absolute Gasteiger partial charge is 0.259 e. The minimum absolute atomic E-state index is 0.0125. The first-order valence-corrected chi connectivity index (χ1v) is 5.86. The van der Waals surface area contributed by atoms with Gasteiger partial charge in [-0.25, -0.2) is 8.78 Å². The Balaban J connectivity index is 1.93. The summed E-state index contributed by atoms with van der Waals surface area (Å²) in [5, 5.41) is 2.43. The second-order valence-electron chi connectivity index (χ2n) is 4.38. The Labute approximate surface area is 97.5 Å². The molecule has 1 saturated carbocycles.